The second kappa shape index (κ2) is 9.41. The Morgan fingerprint density at radius 2 is 1.80 bits per heavy atom. The van der Waals surface area contributed by atoms with Gasteiger partial charge in [0.1, 0.15) is 18.1 Å². The zero-order chi connectivity index (χ0) is 18.2. The predicted octanol–water partition coefficient (Wildman–Crippen LogP) is 5.61. The standard InChI is InChI=1S/C23H30O2/c1-5-18-11-14-23(19(6-2)15-18)25-16-22-17(4)9-8-10-20(22)12-13-21(24)7-3/h8-11,14-15H,5-7,12-13,16H2,1-4H3. The summed E-state index contributed by atoms with van der Waals surface area (Å²) >= 11 is 0. The Kier molecular flexibility index (Phi) is 7.24. The smallest absolute Gasteiger partial charge is 0.132 e. The average Bonchev–Trinajstić information content (AvgIpc) is 2.65. The lowest BCUT2D eigenvalue weighted by molar-refractivity contribution is -0.118. The normalized spacial score (nSPS) is 10.7. The van der Waals surface area contributed by atoms with Gasteiger partial charge in [-0.25, -0.2) is 0 Å². The zero-order valence-electron chi connectivity index (χ0n) is 16.0. The van der Waals surface area contributed by atoms with Crippen LogP contribution in [0.1, 0.15) is 61.4 Å². The molecule has 25 heavy (non-hydrogen) atoms. The number of ether oxygens (including phenoxy) is 1. The van der Waals surface area contributed by atoms with Crippen LogP contribution in [-0.4, -0.2) is 5.78 Å². The Balaban J connectivity index is 2.16. The fourth-order valence-electron chi connectivity index (χ4n) is 3.07. The maximum absolute atomic E-state index is 11.7. The number of rotatable bonds is 9. The molecule has 0 fully saturated rings. The van der Waals surface area contributed by atoms with Gasteiger partial charge in [-0.3, -0.25) is 4.79 Å². The molecule has 0 spiro atoms. The average molecular weight is 338 g/mol. The molecule has 0 unspecified atom stereocenters. The van der Waals surface area contributed by atoms with Gasteiger partial charge < -0.3 is 4.74 Å². The maximum atomic E-state index is 11.7. The molecule has 0 saturated heterocycles. The molecule has 0 aliphatic rings. The van der Waals surface area contributed by atoms with Crippen molar-refractivity contribution in [2.75, 3.05) is 0 Å². The number of carbonyl (C=O) groups is 1. The second-order valence-corrected chi connectivity index (χ2v) is 6.54. The highest BCUT2D eigenvalue weighted by molar-refractivity contribution is 5.78. The minimum Gasteiger partial charge on any atom is -0.489 e. The monoisotopic (exact) mass is 338 g/mol. The first kappa shape index (κ1) is 19.2. The van der Waals surface area contributed by atoms with E-state index in [0.717, 1.165) is 25.0 Å². The van der Waals surface area contributed by atoms with E-state index in [1.807, 2.05) is 6.92 Å². The Morgan fingerprint density at radius 1 is 1.00 bits per heavy atom. The first-order valence-electron chi connectivity index (χ1n) is 9.42. The van der Waals surface area contributed by atoms with Crippen molar-refractivity contribution in [1.29, 1.82) is 0 Å². The van der Waals surface area contributed by atoms with Gasteiger partial charge in [-0.05, 0) is 60.1 Å². The van der Waals surface area contributed by atoms with E-state index in [2.05, 4.69) is 57.2 Å². The molecule has 134 valence electrons. The van der Waals surface area contributed by atoms with Gasteiger partial charge in [-0.2, -0.15) is 0 Å². The summed E-state index contributed by atoms with van der Waals surface area (Å²) in [6.45, 7) is 8.93. The number of aryl methyl sites for hydroxylation is 4. The Hall–Kier alpha value is -2.09. The highest BCUT2D eigenvalue weighted by Gasteiger charge is 2.10. The van der Waals surface area contributed by atoms with Gasteiger partial charge in [-0.15, -0.1) is 0 Å². The van der Waals surface area contributed by atoms with Crippen molar-refractivity contribution in [3.8, 4) is 5.75 Å². The molecule has 0 saturated carbocycles. The van der Waals surface area contributed by atoms with Crippen LogP contribution >= 0.6 is 0 Å². The number of hydrogen-bond donors (Lipinski definition) is 0. The van der Waals surface area contributed by atoms with Gasteiger partial charge in [0, 0.05) is 12.8 Å². The highest BCUT2D eigenvalue weighted by atomic mass is 16.5. The summed E-state index contributed by atoms with van der Waals surface area (Å²) in [5.74, 6) is 1.29. The molecule has 2 aromatic carbocycles. The third kappa shape index (κ3) is 5.19. The molecule has 0 aliphatic carbocycles. The minimum absolute atomic E-state index is 0.316. The summed E-state index contributed by atoms with van der Waals surface area (Å²) in [6, 6.07) is 12.8. The first-order valence-corrected chi connectivity index (χ1v) is 9.42. The van der Waals surface area contributed by atoms with Crippen molar-refractivity contribution >= 4 is 5.78 Å². The lowest BCUT2D eigenvalue weighted by Gasteiger charge is -2.16. The van der Waals surface area contributed by atoms with E-state index in [9.17, 15) is 4.79 Å². The Bertz CT molecular complexity index is 716. The van der Waals surface area contributed by atoms with E-state index in [1.54, 1.807) is 0 Å². The van der Waals surface area contributed by atoms with Gasteiger partial charge in [0.05, 0.1) is 0 Å². The molecule has 0 atom stereocenters. The second-order valence-electron chi connectivity index (χ2n) is 6.54. The predicted molar refractivity (Wildman–Crippen MR) is 104 cm³/mol. The van der Waals surface area contributed by atoms with E-state index in [1.165, 1.54) is 27.8 Å². The van der Waals surface area contributed by atoms with Gasteiger partial charge >= 0.3 is 0 Å². The Labute approximate surface area is 152 Å². The molecule has 2 heteroatoms. The maximum Gasteiger partial charge on any atom is 0.132 e. The molecule has 0 amide bonds. The summed E-state index contributed by atoms with van der Waals surface area (Å²) in [7, 11) is 0. The minimum atomic E-state index is 0.316. The molecule has 2 aromatic rings. The number of carbonyl (C=O) groups excluding carboxylic acids is 1. The summed E-state index contributed by atoms with van der Waals surface area (Å²) in [6.07, 6.45) is 4.03. The zero-order valence-corrected chi connectivity index (χ0v) is 16.0. The van der Waals surface area contributed by atoms with E-state index in [-0.39, 0.29) is 0 Å². The fourth-order valence-corrected chi connectivity index (χ4v) is 3.07. The number of hydrogen-bond acceptors (Lipinski definition) is 2. The van der Waals surface area contributed by atoms with Crippen LogP contribution in [0.4, 0.5) is 0 Å². The third-order valence-corrected chi connectivity index (χ3v) is 4.86. The van der Waals surface area contributed by atoms with Crippen LogP contribution in [0.2, 0.25) is 0 Å². The first-order chi connectivity index (χ1) is 12.1. The lowest BCUT2D eigenvalue weighted by atomic mass is 9.97. The van der Waals surface area contributed by atoms with E-state index < -0.39 is 0 Å². The summed E-state index contributed by atoms with van der Waals surface area (Å²) in [5.41, 5.74) is 6.28. The van der Waals surface area contributed by atoms with Crippen molar-refractivity contribution < 1.29 is 9.53 Å². The van der Waals surface area contributed by atoms with Gasteiger partial charge in [0.25, 0.3) is 0 Å². The van der Waals surface area contributed by atoms with Crippen LogP contribution in [-0.2, 0) is 30.7 Å². The highest BCUT2D eigenvalue weighted by Crippen LogP contribution is 2.24. The number of Topliss-reactive ketones (excluding diaryl/α,β-unsaturated/α-hetero) is 1. The molecule has 0 aliphatic heterocycles. The van der Waals surface area contributed by atoms with Crippen molar-refractivity contribution in [2.24, 2.45) is 0 Å². The van der Waals surface area contributed by atoms with E-state index in [4.69, 9.17) is 4.74 Å². The quantitative estimate of drug-likeness (QED) is 0.594. The van der Waals surface area contributed by atoms with Crippen LogP contribution < -0.4 is 4.74 Å². The van der Waals surface area contributed by atoms with Crippen molar-refractivity contribution in [1.82, 2.24) is 0 Å². The molecule has 0 N–H and O–H groups in total. The van der Waals surface area contributed by atoms with Gasteiger partial charge in [-0.1, -0.05) is 51.1 Å². The Morgan fingerprint density at radius 3 is 2.48 bits per heavy atom. The molecule has 0 bridgehead atoms. The molecular weight excluding hydrogens is 308 g/mol. The molecular formula is C23H30O2. The van der Waals surface area contributed by atoms with E-state index >= 15 is 0 Å². The van der Waals surface area contributed by atoms with E-state index in [0.29, 0.717) is 25.2 Å². The summed E-state index contributed by atoms with van der Waals surface area (Å²) < 4.78 is 6.18. The van der Waals surface area contributed by atoms with Crippen LogP contribution in [0.3, 0.4) is 0 Å². The van der Waals surface area contributed by atoms with Gasteiger partial charge in [0.15, 0.2) is 0 Å². The van der Waals surface area contributed by atoms with Crippen molar-refractivity contribution in [3.05, 3.63) is 64.2 Å². The molecule has 2 nitrogen and oxygen atoms in total. The topological polar surface area (TPSA) is 26.3 Å². The van der Waals surface area contributed by atoms with Gasteiger partial charge in [0.2, 0.25) is 0 Å². The molecule has 0 heterocycles. The third-order valence-electron chi connectivity index (χ3n) is 4.86. The summed E-state index contributed by atoms with van der Waals surface area (Å²) in [4.78, 5) is 11.7. The van der Waals surface area contributed by atoms with Crippen LogP contribution in [0.5, 0.6) is 5.75 Å². The number of benzene rings is 2. The molecule has 2 rings (SSSR count). The van der Waals surface area contributed by atoms with Crippen molar-refractivity contribution in [2.45, 2.75) is 66.4 Å². The van der Waals surface area contributed by atoms with Crippen LogP contribution in [0.15, 0.2) is 36.4 Å². The SMILES string of the molecule is CCC(=O)CCc1cccc(C)c1COc1ccc(CC)cc1CC. The number of ketones is 1. The molecule has 0 aromatic heterocycles. The largest absolute Gasteiger partial charge is 0.489 e. The van der Waals surface area contributed by atoms with Crippen LogP contribution in [0.25, 0.3) is 0 Å². The summed E-state index contributed by atoms with van der Waals surface area (Å²) in [5, 5.41) is 0. The fraction of sp³-hybridized carbons (Fsp3) is 0.435. The lowest BCUT2D eigenvalue weighted by Crippen LogP contribution is -2.06. The van der Waals surface area contributed by atoms with Crippen LogP contribution in [0, 0.1) is 6.92 Å². The van der Waals surface area contributed by atoms with Crippen molar-refractivity contribution in [3.63, 3.8) is 0 Å². The molecule has 0 radical (unpaired) electrons.